The number of sulfonamides is 1. The van der Waals surface area contributed by atoms with E-state index in [2.05, 4.69) is 0 Å². The van der Waals surface area contributed by atoms with Crippen LogP contribution >= 0.6 is 0 Å². The number of fused-ring (bicyclic) bond motifs is 1. The van der Waals surface area contributed by atoms with Gasteiger partial charge in [0.1, 0.15) is 22.5 Å². The number of aliphatic hydroxyl groups excluding tert-OH is 1. The van der Waals surface area contributed by atoms with E-state index in [0.29, 0.717) is 24.4 Å². The van der Waals surface area contributed by atoms with Gasteiger partial charge in [-0.25, -0.2) is 13.2 Å². The van der Waals surface area contributed by atoms with Gasteiger partial charge in [0, 0.05) is 31.6 Å². The van der Waals surface area contributed by atoms with Crippen LogP contribution in [0, 0.1) is 5.92 Å². The average molecular weight is 569 g/mol. The quantitative estimate of drug-likeness (QED) is 0.399. The Labute approximate surface area is 235 Å². The Kier molecular flexibility index (Phi) is 9.15. The average Bonchev–Trinajstić information content (AvgIpc) is 2.94. The van der Waals surface area contributed by atoms with Crippen LogP contribution in [0.4, 0.5) is 0 Å². The molecule has 9 nitrogen and oxygen atoms in total. The Morgan fingerprint density at radius 3 is 2.45 bits per heavy atom. The molecule has 3 aromatic carbocycles. The molecule has 0 radical (unpaired) electrons. The molecular weight excluding hydrogens is 532 g/mol. The lowest BCUT2D eigenvalue weighted by atomic mass is 10.0. The maximum atomic E-state index is 13.8. The van der Waals surface area contributed by atoms with Crippen LogP contribution < -0.4 is 9.47 Å². The van der Waals surface area contributed by atoms with Gasteiger partial charge in [0.2, 0.25) is 10.0 Å². The van der Waals surface area contributed by atoms with Gasteiger partial charge in [-0.2, -0.15) is 4.31 Å². The summed E-state index contributed by atoms with van der Waals surface area (Å²) in [5, 5.41) is 19.5. The highest BCUT2D eigenvalue weighted by atomic mass is 32.2. The number of methoxy groups -OCH3 is 1. The van der Waals surface area contributed by atoms with Gasteiger partial charge in [-0.3, -0.25) is 4.90 Å². The number of rotatable bonds is 9. The van der Waals surface area contributed by atoms with E-state index in [4.69, 9.17) is 9.47 Å². The summed E-state index contributed by atoms with van der Waals surface area (Å²) in [6.45, 7) is 4.25. The SMILES string of the molecule is COc1ccc(-c2ccc3c(c2)O[C@H](CN(C)Cc2ccccc2C(=O)O)[C@H](C)CN([C@@H](C)CO)S3(=O)=O)cc1. The Morgan fingerprint density at radius 2 is 1.80 bits per heavy atom. The Bertz CT molecular complexity index is 1440. The molecule has 1 heterocycles. The summed E-state index contributed by atoms with van der Waals surface area (Å²) in [7, 11) is -0.487. The standard InChI is InChI=1S/C30H36N2O7S/c1-20-16-32(21(2)19-33)40(36,37)29-14-11-23(22-9-12-25(38-4)13-10-22)15-27(29)39-28(20)18-31(3)17-24-7-5-6-8-26(24)30(34)35/h5-15,20-21,28,33H,16-19H2,1-4H3,(H,34,35)/t20-,21+,28-/m1/s1. The third-order valence-corrected chi connectivity index (χ3v) is 9.29. The summed E-state index contributed by atoms with van der Waals surface area (Å²) in [6, 6.07) is 18.7. The van der Waals surface area contributed by atoms with Gasteiger partial charge in [0.15, 0.2) is 0 Å². The second-order valence-electron chi connectivity index (χ2n) is 10.3. The number of nitrogens with zero attached hydrogens (tertiary/aromatic N) is 2. The number of carboxylic acids is 1. The van der Waals surface area contributed by atoms with Gasteiger partial charge < -0.3 is 19.7 Å². The molecule has 10 heteroatoms. The maximum absolute atomic E-state index is 13.8. The van der Waals surface area contributed by atoms with Gasteiger partial charge in [-0.1, -0.05) is 43.3 Å². The second-order valence-corrected chi connectivity index (χ2v) is 12.1. The predicted molar refractivity (Wildman–Crippen MR) is 152 cm³/mol. The lowest BCUT2D eigenvalue weighted by Crippen LogP contribution is -2.49. The fourth-order valence-electron chi connectivity index (χ4n) is 4.94. The first-order valence-electron chi connectivity index (χ1n) is 13.1. The van der Waals surface area contributed by atoms with Gasteiger partial charge in [0.25, 0.3) is 0 Å². The predicted octanol–water partition coefficient (Wildman–Crippen LogP) is 3.96. The number of aliphatic hydroxyl groups is 1. The number of benzene rings is 3. The minimum atomic E-state index is -3.96. The van der Waals surface area contributed by atoms with E-state index in [0.717, 1.165) is 11.1 Å². The van der Waals surface area contributed by atoms with Crippen molar-refractivity contribution in [1.29, 1.82) is 0 Å². The molecule has 0 saturated heterocycles. The molecule has 0 spiro atoms. The highest BCUT2D eigenvalue weighted by molar-refractivity contribution is 7.89. The molecule has 3 atom stereocenters. The van der Waals surface area contributed by atoms with E-state index < -0.39 is 28.1 Å². The molecule has 0 bridgehead atoms. The summed E-state index contributed by atoms with van der Waals surface area (Å²) in [5.74, 6) is -0.277. The third kappa shape index (κ3) is 6.31. The molecule has 214 valence electrons. The van der Waals surface area contributed by atoms with Gasteiger partial charge in [-0.05, 0) is 61.0 Å². The monoisotopic (exact) mass is 568 g/mol. The molecule has 40 heavy (non-hydrogen) atoms. The number of carboxylic acid groups (broad SMARTS) is 1. The Morgan fingerprint density at radius 1 is 1.12 bits per heavy atom. The van der Waals surface area contributed by atoms with Crippen molar-refractivity contribution < 1.29 is 32.9 Å². The molecule has 0 unspecified atom stereocenters. The molecule has 0 saturated carbocycles. The molecule has 1 aliphatic rings. The van der Waals surface area contributed by atoms with Crippen molar-refractivity contribution in [2.45, 2.75) is 37.4 Å². The zero-order valence-electron chi connectivity index (χ0n) is 23.1. The molecule has 0 aromatic heterocycles. The number of likely N-dealkylation sites (N-methyl/N-ethyl adjacent to an activating group) is 1. The van der Waals surface area contributed by atoms with E-state index in [1.807, 2.05) is 43.1 Å². The van der Waals surface area contributed by atoms with Gasteiger partial charge in [-0.15, -0.1) is 0 Å². The zero-order chi connectivity index (χ0) is 29.0. The van der Waals surface area contributed by atoms with Crippen LogP contribution in [0.5, 0.6) is 11.5 Å². The van der Waals surface area contributed by atoms with Gasteiger partial charge >= 0.3 is 5.97 Å². The van der Waals surface area contributed by atoms with Crippen molar-refractivity contribution in [2.75, 3.05) is 33.9 Å². The van der Waals surface area contributed by atoms with Crippen LogP contribution in [-0.4, -0.2) is 79.8 Å². The second kappa shape index (κ2) is 12.4. The molecule has 2 N–H and O–H groups in total. The first kappa shape index (κ1) is 29.5. The maximum Gasteiger partial charge on any atom is 0.336 e. The summed E-state index contributed by atoms with van der Waals surface area (Å²) >= 11 is 0. The summed E-state index contributed by atoms with van der Waals surface area (Å²) in [4.78, 5) is 13.7. The van der Waals surface area contributed by atoms with E-state index in [9.17, 15) is 23.4 Å². The zero-order valence-corrected chi connectivity index (χ0v) is 24.0. The molecule has 0 amide bonds. The van der Waals surface area contributed by atoms with E-state index >= 15 is 0 Å². The fraction of sp³-hybridized carbons (Fsp3) is 0.367. The Hall–Kier alpha value is -3.44. The first-order valence-corrected chi connectivity index (χ1v) is 14.6. The number of hydrogen-bond acceptors (Lipinski definition) is 7. The lowest BCUT2D eigenvalue weighted by molar-refractivity contribution is 0.0686. The van der Waals surface area contributed by atoms with Crippen LogP contribution in [0.25, 0.3) is 11.1 Å². The van der Waals surface area contributed by atoms with Crippen LogP contribution in [0.2, 0.25) is 0 Å². The molecule has 0 aliphatic carbocycles. The number of aromatic carboxylic acids is 1. The first-order chi connectivity index (χ1) is 19.0. The highest BCUT2D eigenvalue weighted by Gasteiger charge is 2.38. The minimum absolute atomic E-state index is 0.0424. The molecule has 3 aromatic rings. The number of carbonyl (C=O) groups is 1. The van der Waals surface area contributed by atoms with Gasteiger partial charge in [0.05, 0.1) is 19.3 Å². The number of ether oxygens (including phenoxy) is 2. The van der Waals surface area contributed by atoms with Crippen LogP contribution in [0.1, 0.15) is 29.8 Å². The van der Waals surface area contributed by atoms with Crippen LogP contribution in [0.3, 0.4) is 0 Å². The van der Waals surface area contributed by atoms with Crippen molar-refractivity contribution >= 4 is 16.0 Å². The summed E-state index contributed by atoms with van der Waals surface area (Å²) in [6.07, 6.45) is -0.421. The van der Waals surface area contributed by atoms with Crippen molar-refractivity contribution in [2.24, 2.45) is 5.92 Å². The van der Waals surface area contributed by atoms with Crippen molar-refractivity contribution in [1.82, 2.24) is 9.21 Å². The van der Waals surface area contributed by atoms with E-state index in [1.54, 1.807) is 56.5 Å². The molecule has 1 aliphatic heterocycles. The van der Waals surface area contributed by atoms with Crippen molar-refractivity contribution in [3.63, 3.8) is 0 Å². The fourth-order valence-corrected chi connectivity index (χ4v) is 6.76. The normalized spacial score (nSPS) is 19.6. The van der Waals surface area contributed by atoms with E-state index in [1.165, 1.54) is 4.31 Å². The topological polar surface area (TPSA) is 117 Å². The van der Waals surface area contributed by atoms with Crippen molar-refractivity contribution in [3.8, 4) is 22.6 Å². The van der Waals surface area contributed by atoms with Crippen molar-refractivity contribution in [3.05, 3.63) is 77.9 Å². The minimum Gasteiger partial charge on any atom is -0.497 e. The highest BCUT2D eigenvalue weighted by Crippen LogP contribution is 2.37. The summed E-state index contributed by atoms with van der Waals surface area (Å²) < 4.78 is 40.6. The Balaban J connectivity index is 1.71. The van der Waals surface area contributed by atoms with Crippen LogP contribution in [0.15, 0.2) is 71.6 Å². The van der Waals surface area contributed by atoms with Crippen LogP contribution in [-0.2, 0) is 16.6 Å². The summed E-state index contributed by atoms with van der Waals surface area (Å²) in [5.41, 5.74) is 2.58. The molecular formula is C30H36N2O7S. The largest absolute Gasteiger partial charge is 0.497 e. The molecule has 0 fully saturated rings. The molecule has 4 rings (SSSR count). The number of hydrogen-bond donors (Lipinski definition) is 2. The third-order valence-electron chi connectivity index (χ3n) is 7.27. The lowest BCUT2D eigenvalue weighted by Gasteiger charge is -2.37. The van der Waals surface area contributed by atoms with E-state index in [-0.39, 0.29) is 35.3 Å². The smallest absolute Gasteiger partial charge is 0.336 e.